The lowest BCUT2D eigenvalue weighted by Crippen LogP contribution is -2.46. The van der Waals surface area contributed by atoms with Crippen molar-refractivity contribution in [2.45, 2.75) is 65.1 Å². The normalized spacial score (nSPS) is 16.6. The van der Waals surface area contributed by atoms with Crippen molar-refractivity contribution >= 4 is 27.7 Å². The van der Waals surface area contributed by atoms with E-state index >= 15 is 0 Å². The molecule has 0 N–H and O–H groups in total. The molecule has 1 saturated carbocycles. The van der Waals surface area contributed by atoms with Gasteiger partial charge in [0.15, 0.2) is 0 Å². The number of nitrogens with zero attached hydrogens (tertiary/aromatic N) is 3. The predicted octanol–water partition coefficient (Wildman–Crippen LogP) is 6.47. The molecule has 3 aromatic rings. The third-order valence-corrected chi connectivity index (χ3v) is 7.75. The van der Waals surface area contributed by atoms with Crippen LogP contribution in [0, 0.1) is 5.92 Å². The average Bonchev–Trinajstić information content (AvgIpc) is 3.59. The van der Waals surface area contributed by atoms with Crippen LogP contribution in [0.4, 0.5) is 0 Å². The lowest BCUT2D eigenvalue weighted by atomic mass is 10.1. The highest BCUT2D eigenvalue weighted by atomic mass is 79.9. The van der Waals surface area contributed by atoms with Crippen LogP contribution < -0.4 is 0 Å². The number of aromatic nitrogens is 1. The van der Waals surface area contributed by atoms with Gasteiger partial charge in [-0.15, -0.1) is 0 Å². The molecule has 1 aromatic heterocycles. The Bertz CT molecular complexity index is 1170. The molecule has 4 rings (SSSR count). The quantitative estimate of drug-likeness (QED) is 0.253. The Hall–Kier alpha value is -2.86. The number of rotatable bonds is 12. The molecule has 2 unspecified atom stereocenters. The molecule has 0 spiro atoms. The molecule has 5 nitrogen and oxygen atoms in total. The second-order valence-corrected chi connectivity index (χ2v) is 11.3. The van der Waals surface area contributed by atoms with Crippen LogP contribution in [0.1, 0.15) is 62.8 Å². The van der Waals surface area contributed by atoms with Gasteiger partial charge in [-0.25, -0.2) is 0 Å². The Morgan fingerprint density at radius 1 is 1.03 bits per heavy atom. The van der Waals surface area contributed by atoms with Gasteiger partial charge in [-0.05, 0) is 68.0 Å². The van der Waals surface area contributed by atoms with Crippen LogP contribution in [0.2, 0.25) is 0 Å². The zero-order valence-electron chi connectivity index (χ0n) is 22.1. The van der Waals surface area contributed by atoms with Crippen molar-refractivity contribution in [1.82, 2.24) is 14.4 Å². The van der Waals surface area contributed by atoms with Crippen molar-refractivity contribution in [3.8, 4) is 0 Å². The number of unbranched alkanes of at least 4 members (excludes halogenated alkanes) is 1. The first-order valence-electron chi connectivity index (χ1n) is 13.4. The lowest BCUT2D eigenvalue weighted by Gasteiger charge is -2.30. The predicted molar refractivity (Wildman–Crippen MR) is 152 cm³/mol. The monoisotopic (exact) mass is 563 g/mol. The number of carbonyl (C=O) groups is 2. The smallest absolute Gasteiger partial charge is 0.242 e. The third-order valence-electron chi connectivity index (χ3n) is 7.22. The van der Waals surface area contributed by atoms with Crippen LogP contribution in [-0.4, -0.2) is 45.3 Å². The van der Waals surface area contributed by atoms with Gasteiger partial charge in [0.2, 0.25) is 11.8 Å². The van der Waals surface area contributed by atoms with E-state index in [-0.39, 0.29) is 36.2 Å². The summed E-state index contributed by atoms with van der Waals surface area (Å²) in [5.41, 5.74) is 3.52. The lowest BCUT2D eigenvalue weighted by molar-refractivity contribution is -0.143. The highest BCUT2D eigenvalue weighted by molar-refractivity contribution is 9.10. The highest BCUT2D eigenvalue weighted by Gasteiger charge is 2.46. The molecule has 2 atom stereocenters. The van der Waals surface area contributed by atoms with E-state index in [4.69, 9.17) is 0 Å². The molecule has 0 aliphatic heterocycles. The standard InChI is InChI=1S/C31H38BrN3O2/c1-4-5-17-34(21-27-12-9-18-33(27)20-24-13-15-26(32)16-14-24)30(36)22-35(23(2)3)31(37)29-19-28(29)25-10-7-6-8-11-25/h6-16,18,23,28-29H,4-5,17,19-22H2,1-3H3. The zero-order chi connectivity index (χ0) is 26.4. The SMILES string of the molecule is CCCCN(Cc1cccn1Cc1ccc(Br)cc1)C(=O)CN(C(=O)C1CC1c1ccccc1)C(C)C. The van der Waals surface area contributed by atoms with Crippen LogP contribution in [-0.2, 0) is 22.7 Å². The number of hydrogen-bond donors (Lipinski definition) is 0. The second-order valence-electron chi connectivity index (χ2n) is 10.3. The molecule has 1 aliphatic rings. The molecule has 0 bridgehead atoms. The zero-order valence-corrected chi connectivity index (χ0v) is 23.7. The molecule has 0 radical (unpaired) electrons. The van der Waals surface area contributed by atoms with E-state index < -0.39 is 0 Å². The minimum Gasteiger partial charge on any atom is -0.345 e. The molecule has 1 fully saturated rings. The molecular weight excluding hydrogens is 526 g/mol. The number of amides is 2. The molecular formula is C31H38BrN3O2. The van der Waals surface area contributed by atoms with E-state index in [1.165, 1.54) is 11.1 Å². The topological polar surface area (TPSA) is 45.6 Å². The molecule has 6 heteroatoms. The summed E-state index contributed by atoms with van der Waals surface area (Å²) in [6.07, 6.45) is 4.88. The molecule has 0 saturated heterocycles. The Kier molecular flexibility index (Phi) is 9.25. The number of carbonyl (C=O) groups excluding carboxylic acids is 2. The molecule has 2 amide bonds. The van der Waals surface area contributed by atoms with Gasteiger partial charge in [-0.3, -0.25) is 9.59 Å². The van der Waals surface area contributed by atoms with Crippen molar-refractivity contribution < 1.29 is 9.59 Å². The highest BCUT2D eigenvalue weighted by Crippen LogP contribution is 2.48. The van der Waals surface area contributed by atoms with Gasteiger partial charge < -0.3 is 14.4 Å². The van der Waals surface area contributed by atoms with Gasteiger partial charge in [0.1, 0.15) is 0 Å². The van der Waals surface area contributed by atoms with Crippen LogP contribution in [0.5, 0.6) is 0 Å². The average molecular weight is 565 g/mol. The first kappa shape index (κ1) is 27.2. The van der Waals surface area contributed by atoms with E-state index in [1.807, 2.05) is 43.0 Å². The third kappa shape index (κ3) is 7.13. The van der Waals surface area contributed by atoms with E-state index in [2.05, 4.69) is 76.1 Å². The van der Waals surface area contributed by atoms with Gasteiger partial charge in [-0.1, -0.05) is 71.7 Å². The maximum atomic E-state index is 13.6. The summed E-state index contributed by atoms with van der Waals surface area (Å²) in [7, 11) is 0. The van der Waals surface area contributed by atoms with Crippen LogP contribution in [0.15, 0.2) is 77.4 Å². The fourth-order valence-electron chi connectivity index (χ4n) is 4.88. The molecule has 2 aromatic carbocycles. The summed E-state index contributed by atoms with van der Waals surface area (Å²) in [6, 6.07) is 22.7. The summed E-state index contributed by atoms with van der Waals surface area (Å²) in [6.45, 7) is 8.26. The van der Waals surface area contributed by atoms with Crippen molar-refractivity contribution in [2.24, 2.45) is 5.92 Å². The maximum Gasteiger partial charge on any atom is 0.242 e. The van der Waals surface area contributed by atoms with Gasteiger partial charge in [0.25, 0.3) is 0 Å². The summed E-state index contributed by atoms with van der Waals surface area (Å²) in [5.74, 6) is 0.364. The number of benzene rings is 2. The van der Waals surface area contributed by atoms with Crippen molar-refractivity contribution in [1.29, 1.82) is 0 Å². The van der Waals surface area contributed by atoms with Crippen molar-refractivity contribution in [3.63, 3.8) is 0 Å². The number of hydrogen-bond acceptors (Lipinski definition) is 2. The molecule has 37 heavy (non-hydrogen) atoms. The Balaban J connectivity index is 1.44. The largest absolute Gasteiger partial charge is 0.345 e. The summed E-state index contributed by atoms with van der Waals surface area (Å²) < 4.78 is 3.26. The van der Waals surface area contributed by atoms with E-state index in [0.29, 0.717) is 13.1 Å². The van der Waals surface area contributed by atoms with Crippen molar-refractivity contribution in [2.75, 3.05) is 13.1 Å². The van der Waals surface area contributed by atoms with Gasteiger partial charge >= 0.3 is 0 Å². The minimum absolute atomic E-state index is 0.0174. The Morgan fingerprint density at radius 3 is 2.43 bits per heavy atom. The minimum atomic E-state index is -0.0252. The van der Waals surface area contributed by atoms with E-state index in [9.17, 15) is 9.59 Å². The molecule has 1 heterocycles. The first-order valence-corrected chi connectivity index (χ1v) is 14.2. The van der Waals surface area contributed by atoms with Crippen LogP contribution in [0.25, 0.3) is 0 Å². The summed E-state index contributed by atoms with van der Waals surface area (Å²) in [4.78, 5) is 30.8. The Labute approximate surface area is 229 Å². The summed E-state index contributed by atoms with van der Waals surface area (Å²) in [5, 5.41) is 0. The summed E-state index contributed by atoms with van der Waals surface area (Å²) >= 11 is 3.50. The molecule has 196 valence electrons. The van der Waals surface area contributed by atoms with Gasteiger partial charge in [0.05, 0.1) is 13.1 Å². The maximum absolute atomic E-state index is 13.6. The van der Waals surface area contributed by atoms with Crippen LogP contribution >= 0.6 is 15.9 Å². The van der Waals surface area contributed by atoms with E-state index in [1.54, 1.807) is 4.90 Å². The fourth-order valence-corrected chi connectivity index (χ4v) is 5.14. The van der Waals surface area contributed by atoms with Crippen molar-refractivity contribution in [3.05, 3.63) is 94.2 Å². The van der Waals surface area contributed by atoms with Gasteiger partial charge in [0, 0.05) is 41.4 Å². The molecule has 1 aliphatic carbocycles. The van der Waals surface area contributed by atoms with Gasteiger partial charge in [-0.2, -0.15) is 0 Å². The first-order chi connectivity index (χ1) is 17.9. The number of halogens is 1. The van der Waals surface area contributed by atoms with Crippen LogP contribution in [0.3, 0.4) is 0 Å². The fraction of sp³-hybridized carbons (Fsp3) is 0.419. The second kappa shape index (κ2) is 12.6. The Morgan fingerprint density at radius 2 is 1.76 bits per heavy atom. The van der Waals surface area contributed by atoms with E-state index in [0.717, 1.165) is 36.0 Å².